The SMILES string of the molecule is Cn1ccc2cc(S(=O)(=O)N3CCC(C(=O)NCc4ccccc4Cl)CC3)ccc21. The van der Waals surface area contributed by atoms with Gasteiger partial charge in [-0.25, -0.2) is 8.42 Å². The van der Waals surface area contributed by atoms with E-state index in [1.54, 1.807) is 18.2 Å². The molecule has 0 bridgehead atoms. The molecule has 2 aromatic carbocycles. The molecule has 4 rings (SSSR count). The number of amides is 1. The predicted octanol–water partition coefficient (Wildman–Crippen LogP) is 3.55. The van der Waals surface area contributed by atoms with Gasteiger partial charge in [0.2, 0.25) is 15.9 Å². The molecule has 3 aromatic rings. The average Bonchev–Trinajstić information content (AvgIpc) is 3.13. The lowest BCUT2D eigenvalue weighted by Crippen LogP contribution is -2.42. The number of fused-ring (bicyclic) bond motifs is 1. The lowest BCUT2D eigenvalue weighted by Gasteiger charge is -2.30. The van der Waals surface area contributed by atoms with Crippen molar-refractivity contribution >= 4 is 38.4 Å². The van der Waals surface area contributed by atoms with E-state index in [1.807, 2.05) is 48.1 Å². The van der Waals surface area contributed by atoms with Gasteiger partial charge in [0.25, 0.3) is 0 Å². The third-order valence-electron chi connectivity index (χ3n) is 5.73. The maximum atomic E-state index is 13.1. The first kappa shape index (κ1) is 20.9. The first-order chi connectivity index (χ1) is 14.4. The minimum Gasteiger partial charge on any atom is -0.352 e. The summed E-state index contributed by atoms with van der Waals surface area (Å²) in [5.41, 5.74) is 1.85. The topological polar surface area (TPSA) is 71.4 Å². The maximum absolute atomic E-state index is 13.1. The summed E-state index contributed by atoms with van der Waals surface area (Å²) >= 11 is 6.13. The normalized spacial score (nSPS) is 16.1. The number of rotatable bonds is 5. The largest absolute Gasteiger partial charge is 0.352 e. The predicted molar refractivity (Wildman–Crippen MR) is 118 cm³/mol. The van der Waals surface area contributed by atoms with E-state index in [0.29, 0.717) is 42.4 Å². The summed E-state index contributed by atoms with van der Waals surface area (Å²) in [5.74, 6) is -0.256. The zero-order valence-electron chi connectivity index (χ0n) is 16.7. The molecule has 1 aliphatic rings. The smallest absolute Gasteiger partial charge is 0.243 e. The molecule has 1 aliphatic heterocycles. The first-order valence-corrected chi connectivity index (χ1v) is 11.7. The molecule has 0 saturated carbocycles. The number of sulfonamides is 1. The van der Waals surface area contributed by atoms with Crippen molar-refractivity contribution in [3.8, 4) is 0 Å². The Kier molecular flexibility index (Phi) is 5.86. The molecule has 0 aliphatic carbocycles. The summed E-state index contributed by atoms with van der Waals surface area (Å²) < 4.78 is 29.6. The summed E-state index contributed by atoms with van der Waals surface area (Å²) in [6, 6.07) is 14.5. The third kappa shape index (κ3) is 4.10. The summed E-state index contributed by atoms with van der Waals surface area (Å²) in [6.45, 7) is 1.03. The average molecular weight is 446 g/mol. The van der Waals surface area contributed by atoms with Crippen LogP contribution in [0.2, 0.25) is 5.02 Å². The number of hydrogen-bond acceptors (Lipinski definition) is 3. The van der Waals surface area contributed by atoms with Crippen molar-refractivity contribution in [3.63, 3.8) is 0 Å². The zero-order valence-corrected chi connectivity index (χ0v) is 18.3. The number of aromatic nitrogens is 1. The fraction of sp³-hybridized carbons (Fsp3) is 0.318. The van der Waals surface area contributed by atoms with Gasteiger partial charge < -0.3 is 9.88 Å². The lowest BCUT2D eigenvalue weighted by molar-refractivity contribution is -0.126. The second kappa shape index (κ2) is 8.41. The number of hydrogen-bond donors (Lipinski definition) is 1. The number of carbonyl (C=O) groups is 1. The van der Waals surface area contributed by atoms with Crippen LogP contribution >= 0.6 is 11.6 Å². The zero-order chi connectivity index (χ0) is 21.3. The molecule has 8 heteroatoms. The van der Waals surface area contributed by atoms with Gasteiger partial charge in [0.05, 0.1) is 4.90 Å². The van der Waals surface area contributed by atoms with Gasteiger partial charge >= 0.3 is 0 Å². The fourth-order valence-corrected chi connectivity index (χ4v) is 5.60. The van der Waals surface area contributed by atoms with Crippen LogP contribution in [0, 0.1) is 5.92 Å². The Morgan fingerprint density at radius 2 is 1.87 bits per heavy atom. The van der Waals surface area contributed by atoms with E-state index >= 15 is 0 Å². The van der Waals surface area contributed by atoms with Gasteiger partial charge in [0.15, 0.2) is 0 Å². The van der Waals surface area contributed by atoms with Crippen LogP contribution in [-0.4, -0.2) is 36.3 Å². The Hall–Kier alpha value is -2.35. The van der Waals surface area contributed by atoms with Crippen LogP contribution in [0.3, 0.4) is 0 Å². The van der Waals surface area contributed by atoms with Crippen molar-refractivity contribution in [2.45, 2.75) is 24.3 Å². The van der Waals surface area contributed by atoms with Gasteiger partial charge in [0.1, 0.15) is 0 Å². The Morgan fingerprint density at radius 1 is 1.13 bits per heavy atom. The highest BCUT2D eigenvalue weighted by Gasteiger charge is 2.32. The van der Waals surface area contributed by atoms with Crippen LogP contribution in [0.25, 0.3) is 10.9 Å². The maximum Gasteiger partial charge on any atom is 0.243 e. The number of aryl methyl sites for hydroxylation is 1. The molecule has 1 fully saturated rings. The molecular formula is C22H24ClN3O3S. The van der Waals surface area contributed by atoms with E-state index in [0.717, 1.165) is 16.5 Å². The molecule has 1 aromatic heterocycles. The van der Waals surface area contributed by atoms with Crippen molar-refractivity contribution in [1.29, 1.82) is 0 Å². The lowest BCUT2D eigenvalue weighted by atomic mass is 9.97. The molecule has 1 N–H and O–H groups in total. The van der Waals surface area contributed by atoms with Crippen LogP contribution in [0.5, 0.6) is 0 Å². The molecule has 158 valence electrons. The van der Waals surface area contributed by atoms with Gasteiger partial charge in [-0.15, -0.1) is 0 Å². The molecule has 6 nitrogen and oxygen atoms in total. The van der Waals surface area contributed by atoms with E-state index in [-0.39, 0.29) is 11.8 Å². The summed E-state index contributed by atoms with van der Waals surface area (Å²) in [4.78, 5) is 12.8. The number of halogens is 1. The van der Waals surface area contributed by atoms with Gasteiger partial charge in [-0.05, 0) is 48.7 Å². The number of piperidine rings is 1. The number of nitrogens with zero attached hydrogens (tertiary/aromatic N) is 2. The molecule has 30 heavy (non-hydrogen) atoms. The van der Waals surface area contributed by atoms with Gasteiger partial charge in [-0.2, -0.15) is 4.31 Å². The minimum absolute atomic E-state index is 0.0577. The first-order valence-electron chi connectivity index (χ1n) is 9.92. The molecule has 1 amide bonds. The second-order valence-electron chi connectivity index (χ2n) is 7.63. The molecular weight excluding hydrogens is 422 g/mol. The molecule has 0 radical (unpaired) electrons. The number of benzene rings is 2. The molecule has 2 heterocycles. The third-order valence-corrected chi connectivity index (χ3v) is 7.99. The van der Waals surface area contributed by atoms with Gasteiger partial charge in [0, 0.05) is 54.7 Å². The Morgan fingerprint density at radius 3 is 2.60 bits per heavy atom. The van der Waals surface area contributed by atoms with Crippen LogP contribution in [-0.2, 0) is 28.4 Å². The van der Waals surface area contributed by atoms with Crippen molar-refractivity contribution in [2.24, 2.45) is 13.0 Å². The van der Waals surface area contributed by atoms with Crippen LogP contribution < -0.4 is 5.32 Å². The summed E-state index contributed by atoms with van der Waals surface area (Å²) in [6.07, 6.45) is 2.91. The number of nitrogens with one attached hydrogen (secondary N) is 1. The van der Waals surface area contributed by atoms with Gasteiger partial charge in [-0.3, -0.25) is 4.79 Å². The summed E-state index contributed by atoms with van der Waals surface area (Å²) in [5, 5.41) is 4.44. The van der Waals surface area contributed by atoms with E-state index < -0.39 is 10.0 Å². The number of carbonyl (C=O) groups excluding carboxylic acids is 1. The Balaban J connectivity index is 1.38. The van der Waals surface area contributed by atoms with Crippen molar-refractivity contribution < 1.29 is 13.2 Å². The van der Waals surface area contributed by atoms with Crippen LogP contribution in [0.15, 0.2) is 59.6 Å². The van der Waals surface area contributed by atoms with E-state index in [9.17, 15) is 13.2 Å². The minimum atomic E-state index is -3.58. The quantitative estimate of drug-likeness (QED) is 0.652. The fourth-order valence-electron chi connectivity index (χ4n) is 3.90. The molecule has 0 atom stereocenters. The standard InChI is InChI=1S/C22H24ClN3O3S/c1-25-11-8-17-14-19(6-7-21(17)25)30(28,29)26-12-9-16(10-13-26)22(27)24-15-18-4-2-3-5-20(18)23/h2-8,11,14,16H,9-10,12-13,15H2,1H3,(H,24,27). The van der Waals surface area contributed by atoms with E-state index in [4.69, 9.17) is 11.6 Å². The Labute approximate surface area is 181 Å². The molecule has 0 spiro atoms. The Bertz CT molecular complexity index is 1180. The van der Waals surface area contributed by atoms with E-state index in [1.165, 1.54) is 4.31 Å². The van der Waals surface area contributed by atoms with Crippen molar-refractivity contribution in [1.82, 2.24) is 14.2 Å². The highest BCUT2D eigenvalue weighted by Crippen LogP contribution is 2.27. The summed E-state index contributed by atoms with van der Waals surface area (Å²) in [7, 11) is -1.65. The van der Waals surface area contributed by atoms with Gasteiger partial charge in [-0.1, -0.05) is 29.8 Å². The van der Waals surface area contributed by atoms with Crippen molar-refractivity contribution in [2.75, 3.05) is 13.1 Å². The molecule has 0 unspecified atom stereocenters. The van der Waals surface area contributed by atoms with Crippen LogP contribution in [0.1, 0.15) is 18.4 Å². The van der Waals surface area contributed by atoms with E-state index in [2.05, 4.69) is 5.32 Å². The molecule has 1 saturated heterocycles. The highest BCUT2D eigenvalue weighted by atomic mass is 35.5. The van der Waals surface area contributed by atoms with Crippen LogP contribution in [0.4, 0.5) is 0 Å². The monoisotopic (exact) mass is 445 g/mol. The highest BCUT2D eigenvalue weighted by molar-refractivity contribution is 7.89. The van der Waals surface area contributed by atoms with Crippen molar-refractivity contribution in [3.05, 3.63) is 65.3 Å². The second-order valence-corrected chi connectivity index (χ2v) is 9.98.